The fourth-order valence-electron chi connectivity index (χ4n) is 2.54. The fourth-order valence-corrected chi connectivity index (χ4v) is 2.54. The molecular formula is C9H15NO3. The van der Waals surface area contributed by atoms with Gasteiger partial charge in [0.2, 0.25) is 0 Å². The molecule has 1 saturated heterocycles. The summed E-state index contributed by atoms with van der Waals surface area (Å²) < 4.78 is 4.79. The number of fused-ring (bicyclic) bond motifs is 1. The van der Waals surface area contributed by atoms with Crippen molar-refractivity contribution in [2.45, 2.75) is 31.9 Å². The SMILES string of the molecule is O=C(O)OC1NCC2CCCCC21. The molecule has 4 nitrogen and oxygen atoms in total. The minimum Gasteiger partial charge on any atom is -0.450 e. The highest BCUT2D eigenvalue weighted by Gasteiger charge is 2.39. The molecule has 1 aliphatic carbocycles. The first kappa shape index (κ1) is 8.81. The van der Waals surface area contributed by atoms with E-state index < -0.39 is 6.16 Å². The van der Waals surface area contributed by atoms with E-state index in [1.807, 2.05) is 0 Å². The zero-order chi connectivity index (χ0) is 9.26. The highest BCUT2D eigenvalue weighted by Crippen LogP contribution is 2.36. The molecule has 0 aromatic carbocycles. The summed E-state index contributed by atoms with van der Waals surface area (Å²) in [5, 5.41) is 11.6. The van der Waals surface area contributed by atoms with Crippen LogP contribution in [0.2, 0.25) is 0 Å². The van der Waals surface area contributed by atoms with Gasteiger partial charge in [-0.3, -0.25) is 5.32 Å². The van der Waals surface area contributed by atoms with Crippen molar-refractivity contribution in [2.24, 2.45) is 11.8 Å². The molecule has 3 unspecified atom stereocenters. The summed E-state index contributed by atoms with van der Waals surface area (Å²) in [5.41, 5.74) is 0. The maximum Gasteiger partial charge on any atom is 0.507 e. The molecule has 13 heavy (non-hydrogen) atoms. The summed E-state index contributed by atoms with van der Waals surface area (Å²) in [6, 6.07) is 0. The summed E-state index contributed by atoms with van der Waals surface area (Å²) >= 11 is 0. The van der Waals surface area contributed by atoms with Crippen LogP contribution in [-0.2, 0) is 4.74 Å². The van der Waals surface area contributed by atoms with Gasteiger partial charge in [0, 0.05) is 12.5 Å². The van der Waals surface area contributed by atoms with Crippen LogP contribution in [0.15, 0.2) is 0 Å². The van der Waals surface area contributed by atoms with E-state index in [4.69, 9.17) is 9.84 Å². The summed E-state index contributed by atoms with van der Waals surface area (Å²) in [5.74, 6) is 1.06. The van der Waals surface area contributed by atoms with Crippen molar-refractivity contribution in [1.82, 2.24) is 5.32 Å². The zero-order valence-corrected chi connectivity index (χ0v) is 7.53. The Kier molecular flexibility index (Phi) is 2.40. The van der Waals surface area contributed by atoms with E-state index in [-0.39, 0.29) is 6.23 Å². The highest BCUT2D eigenvalue weighted by atomic mass is 16.7. The number of ether oxygens (including phenoxy) is 1. The normalized spacial score (nSPS) is 38.3. The van der Waals surface area contributed by atoms with Crippen molar-refractivity contribution in [3.8, 4) is 0 Å². The van der Waals surface area contributed by atoms with Crippen molar-refractivity contribution >= 4 is 6.16 Å². The molecule has 0 aromatic heterocycles. The van der Waals surface area contributed by atoms with Gasteiger partial charge < -0.3 is 9.84 Å². The standard InChI is InChI=1S/C9H15NO3/c11-9(12)13-8-7-4-2-1-3-6(7)5-10-8/h6-8,10H,1-5H2,(H,11,12). The topological polar surface area (TPSA) is 58.6 Å². The lowest BCUT2D eigenvalue weighted by atomic mass is 9.81. The molecule has 0 radical (unpaired) electrons. The van der Waals surface area contributed by atoms with Gasteiger partial charge in [-0.05, 0) is 18.8 Å². The minimum atomic E-state index is -1.16. The Morgan fingerprint density at radius 2 is 2.15 bits per heavy atom. The molecule has 0 amide bonds. The first-order valence-electron chi connectivity index (χ1n) is 4.90. The molecule has 0 bridgehead atoms. The summed E-state index contributed by atoms with van der Waals surface area (Å²) in [4.78, 5) is 10.4. The van der Waals surface area contributed by atoms with Crippen LogP contribution in [0.4, 0.5) is 4.79 Å². The Morgan fingerprint density at radius 1 is 1.38 bits per heavy atom. The maximum atomic E-state index is 10.4. The first-order chi connectivity index (χ1) is 6.27. The summed E-state index contributed by atoms with van der Waals surface area (Å²) in [7, 11) is 0. The molecule has 2 fully saturated rings. The summed E-state index contributed by atoms with van der Waals surface area (Å²) in [6.45, 7) is 0.919. The molecule has 3 atom stereocenters. The Labute approximate surface area is 77.3 Å². The van der Waals surface area contributed by atoms with Crippen LogP contribution in [0, 0.1) is 11.8 Å². The third-order valence-corrected chi connectivity index (χ3v) is 3.17. The summed E-state index contributed by atoms with van der Waals surface area (Å²) in [6.07, 6.45) is 3.41. The lowest BCUT2D eigenvalue weighted by Gasteiger charge is -2.26. The Bertz CT molecular complexity index is 207. The number of nitrogens with one attached hydrogen (secondary N) is 1. The van der Waals surface area contributed by atoms with E-state index in [0.29, 0.717) is 11.8 Å². The minimum absolute atomic E-state index is 0.247. The van der Waals surface area contributed by atoms with Crippen molar-refractivity contribution in [1.29, 1.82) is 0 Å². The van der Waals surface area contributed by atoms with E-state index in [1.54, 1.807) is 0 Å². The lowest BCUT2D eigenvalue weighted by molar-refractivity contribution is 0.0140. The van der Waals surface area contributed by atoms with E-state index >= 15 is 0 Å². The van der Waals surface area contributed by atoms with Crippen molar-refractivity contribution in [3.63, 3.8) is 0 Å². The van der Waals surface area contributed by atoms with Gasteiger partial charge >= 0.3 is 6.16 Å². The second kappa shape index (κ2) is 3.54. The number of carbonyl (C=O) groups is 1. The molecule has 2 rings (SSSR count). The average Bonchev–Trinajstić information content (AvgIpc) is 2.48. The molecule has 1 heterocycles. The molecule has 2 N–H and O–H groups in total. The van der Waals surface area contributed by atoms with E-state index in [1.165, 1.54) is 19.3 Å². The van der Waals surface area contributed by atoms with Crippen LogP contribution < -0.4 is 5.32 Å². The van der Waals surface area contributed by atoms with Gasteiger partial charge in [0.15, 0.2) is 6.23 Å². The van der Waals surface area contributed by atoms with Crippen molar-refractivity contribution in [2.75, 3.05) is 6.54 Å². The molecular weight excluding hydrogens is 170 g/mol. The molecule has 0 aromatic rings. The van der Waals surface area contributed by atoms with Gasteiger partial charge in [-0.15, -0.1) is 0 Å². The van der Waals surface area contributed by atoms with Crippen molar-refractivity contribution < 1.29 is 14.6 Å². The van der Waals surface area contributed by atoms with Crippen LogP contribution in [0.5, 0.6) is 0 Å². The van der Waals surface area contributed by atoms with Crippen LogP contribution in [0.1, 0.15) is 25.7 Å². The third-order valence-electron chi connectivity index (χ3n) is 3.17. The molecule has 2 aliphatic rings. The first-order valence-corrected chi connectivity index (χ1v) is 4.90. The predicted molar refractivity (Wildman–Crippen MR) is 46.3 cm³/mol. The molecule has 4 heteroatoms. The second-order valence-corrected chi connectivity index (χ2v) is 3.92. The number of hydrogen-bond donors (Lipinski definition) is 2. The number of rotatable bonds is 1. The average molecular weight is 185 g/mol. The second-order valence-electron chi connectivity index (χ2n) is 3.92. The Hall–Kier alpha value is -0.770. The van der Waals surface area contributed by atoms with Gasteiger partial charge in [0.25, 0.3) is 0 Å². The van der Waals surface area contributed by atoms with Crippen LogP contribution in [0.25, 0.3) is 0 Å². The quantitative estimate of drug-likeness (QED) is 0.606. The maximum absolute atomic E-state index is 10.4. The Morgan fingerprint density at radius 3 is 2.92 bits per heavy atom. The van der Waals surface area contributed by atoms with Crippen LogP contribution >= 0.6 is 0 Å². The number of hydrogen-bond acceptors (Lipinski definition) is 3. The monoisotopic (exact) mass is 185 g/mol. The van der Waals surface area contributed by atoms with E-state index in [2.05, 4.69) is 5.32 Å². The highest BCUT2D eigenvalue weighted by molar-refractivity contribution is 5.57. The van der Waals surface area contributed by atoms with E-state index in [0.717, 1.165) is 13.0 Å². The smallest absolute Gasteiger partial charge is 0.450 e. The molecule has 1 aliphatic heterocycles. The fraction of sp³-hybridized carbons (Fsp3) is 0.889. The largest absolute Gasteiger partial charge is 0.507 e. The Balaban J connectivity index is 1.94. The van der Waals surface area contributed by atoms with Crippen molar-refractivity contribution in [3.05, 3.63) is 0 Å². The molecule has 0 spiro atoms. The van der Waals surface area contributed by atoms with Gasteiger partial charge in [-0.1, -0.05) is 12.8 Å². The molecule has 1 saturated carbocycles. The number of carboxylic acid groups (broad SMARTS) is 1. The van der Waals surface area contributed by atoms with E-state index in [9.17, 15) is 4.79 Å². The van der Waals surface area contributed by atoms with Crippen LogP contribution in [0.3, 0.4) is 0 Å². The van der Waals surface area contributed by atoms with Gasteiger partial charge in [-0.25, -0.2) is 4.79 Å². The molecule has 74 valence electrons. The van der Waals surface area contributed by atoms with Gasteiger partial charge in [0.05, 0.1) is 0 Å². The van der Waals surface area contributed by atoms with Gasteiger partial charge in [-0.2, -0.15) is 0 Å². The van der Waals surface area contributed by atoms with Crippen LogP contribution in [-0.4, -0.2) is 24.0 Å². The van der Waals surface area contributed by atoms with Gasteiger partial charge in [0.1, 0.15) is 0 Å². The zero-order valence-electron chi connectivity index (χ0n) is 7.53. The predicted octanol–water partition coefficient (Wildman–Crippen LogP) is 1.42. The third kappa shape index (κ3) is 1.77. The lowest BCUT2D eigenvalue weighted by Crippen LogP contribution is -2.33.